The molecule has 0 aliphatic carbocycles. The number of rotatable bonds is 6. The Morgan fingerprint density at radius 3 is 2.56 bits per heavy atom. The lowest BCUT2D eigenvalue weighted by atomic mass is 10.0. The smallest absolute Gasteiger partial charge is 0.226 e. The summed E-state index contributed by atoms with van der Waals surface area (Å²) in [6.07, 6.45) is 2.35. The molecule has 0 unspecified atom stereocenters. The largest absolute Gasteiger partial charge is 0.481 e. The van der Waals surface area contributed by atoms with E-state index in [4.69, 9.17) is 4.74 Å². The van der Waals surface area contributed by atoms with Gasteiger partial charge in [0.25, 0.3) is 0 Å². The third kappa shape index (κ3) is 3.68. The maximum absolute atomic E-state index is 5.10. The van der Waals surface area contributed by atoms with Gasteiger partial charge in [0, 0.05) is 18.3 Å². The molecule has 4 heteroatoms. The first kappa shape index (κ1) is 12.7. The monoisotopic (exact) mass is 223 g/mol. The molecule has 1 N–H and O–H groups in total. The van der Waals surface area contributed by atoms with Crippen molar-refractivity contribution in [1.82, 2.24) is 9.97 Å². The third-order valence-corrected chi connectivity index (χ3v) is 2.74. The molecule has 0 bridgehead atoms. The van der Waals surface area contributed by atoms with Gasteiger partial charge in [-0.3, -0.25) is 0 Å². The van der Waals surface area contributed by atoms with E-state index in [1.807, 2.05) is 13.0 Å². The highest BCUT2D eigenvalue weighted by molar-refractivity contribution is 5.30. The average molecular weight is 223 g/mol. The Bertz CT molecular complexity index is 324. The second-order valence-corrected chi connectivity index (χ2v) is 3.94. The molecule has 0 aromatic carbocycles. The predicted octanol–water partition coefficient (Wildman–Crippen LogP) is 2.64. The van der Waals surface area contributed by atoms with Gasteiger partial charge in [-0.15, -0.1) is 0 Å². The topological polar surface area (TPSA) is 47.0 Å². The van der Waals surface area contributed by atoms with Crippen LogP contribution in [-0.4, -0.2) is 23.6 Å². The van der Waals surface area contributed by atoms with Crippen molar-refractivity contribution in [3.05, 3.63) is 11.8 Å². The molecule has 0 fully saturated rings. The molecule has 4 nitrogen and oxygen atoms in total. The second-order valence-electron chi connectivity index (χ2n) is 3.94. The van der Waals surface area contributed by atoms with Crippen molar-refractivity contribution < 1.29 is 4.74 Å². The zero-order valence-corrected chi connectivity index (χ0v) is 10.6. The molecule has 0 radical (unpaired) electrons. The summed E-state index contributed by atoms with van der Waals surface area (Å²) in [6.45, 7) is 7.26. The SMILES string of the molecule is CCC(CC)CNc1nc(C)cc(OC)n1. The molecule has 0 saturated carbocycles. The number of hydrogen-bond donors (Lipinski definition) is 1. The predicted molar refractivity (Wildman–Crippen MR) is 65.9 cm³/mol. The minimum absolute atomic E-state index is 0.611. The summed E-state index contributed by atoms with van der Waals surface area (Å²) < 4.78 is 5.10. The molecule has 1 aromatic rings. The highest BCUT2D eigenvalue weighted by Crippen LogP contribution is 2.13. The lowest BCUT2D eigenvalue weighted by molar-refractivity contribution is 0.396. The van der Waals surface area contributed by atoms with Crippen LogP contribution in [0.3, 0.4) is 0 Å². The Kier molecular flexibility index (Phi) is 5.02. The maximum Gasteiger partial charge on any atom is 0.226 e. The Morgan fingerprint density at radius 2 is 2.00 bits per heavy atom. The van der Waals surface area contributed by atoms with Gasteiger partial charge in [0.05, 0.1) is 7.11 Å². The van der Waals surface area contributed by atoms with Gasteiger partial charge in [0.1, 0.15) is 0 Å². The van der Waals surface area contributed by atoms with Crippen LogP contribution in [0.5, 0.6) is 5.88 Å². The summed E-state index contributed by atoms with van der Waals surface area (Å²) in [4.78, 5) is 8.57. The fraction of sp³-hybridized carbons (Fsp3) is 0.667. The van der Waals surface area contributed by atoms with E-state index in [-0.39, 0.29) is 0 Å². The minimum atomic E-state index is 0.611. The van der Waals surface area contributed by atoms with Gasteiger partial charge in [-0.05, 0) is 12.8 Å². The van der Waals surface area contributed by atoms with Gasteiger partial charge >= 0.3 is 0 Å². The Labute approximate surface area is 97.5 Å². The summed E-state index contributed by atoms with van der Waals surface area (Å²) in [5.41, 5.74) is 0.916. The quantitative estimate of drug-likeness (QED) is 0.805. The van der Waals surface area contributed by atoms with Crippen molar-refractivity contribution in [3.8, 4) is 5.88 Å². The van der Waals surface area contributed by atoms with Gasteiger partial charge in [0.2, 0.25) is 11.8 Å². The molecule has 0 saturated heterocycles. The molecule has 0 aliphatic heterocycles. The van der Waals surface area contributed by atoms with Crippen molar-refractivity contribution in [2.24, 2.45) is 5.92 Å². The van der Waals surface area contributed by atoms with Crippen LogP contribution in [0.25, 0.3) is 0 Å². The number of aryl methyl sites for hydroxylation is 1. The van der Waals surface area contributed by atoms with Crippen LogP contribution >= 0.6 is 0 Å². The van der Waals surface area contributed by atoms with Crippen LogP contribution in [-0.2, 0) is 0 Å². The Balaban J connectivity index is 2.62. The van der Waals surface area contributed by atoms with Crippen LogP contribution in [0.2, 0.25) is 0 Å². The summed E-state index contributed by atoms with van der Waals surface area (Å²) >= 11 is 0. The van der Waals surface area contributed by atoms with E-state index in [1.165, 1.54) is 12.8 Å². The molecule has 0 amide bonds. The molecule has 1 rings (SSSR count). The number of ether oxygens (including phenoxy) is 1. The standard InChI is InChI=1S/C12H21N3O/c1-5-10(6-2)8-13-12-14-9(3)7-11(15-12)16-4/h7,10H,5-6,8H2,1-4H3,(H,13,14,15). The van der Waals surface area contributed by atoms with E-state index >= 15 is 0 Å². The highest BCUT2D eigenvalue weighted by Gasteiger charge is 2.06. The second kappa shape index (κ2) is 6.30. The van der Waals surface area contributed by atoms with E-state index in [0.29, 0.717) is 17.7 Å². The van der Waals surface area contributed by atoms with Crippen molar-refractivity contribution >= 4 is 5.95 Å². The van der Waals surface area contributed by atoms with Crippen LogP contribution < -0.4 is 10.1 Å². The van der Waals surface area contributed by atoms with Gasteiger partial charge in [0.15, 0.2) is 0 Å². The zero-order valence-electron chi connectivity index (χ0n) is 10.6. The fourth-order valence-electron chi connectivity index (χ4n) is 1.54. The summed E-state index contributed by atoms with van der Waals surface area (Å²) in [6, 6.07) is 1.82. The zero-order chi connectivity index (χ0) is 12.0. The van der Waals surface area contributed by atoms with Crippen LogP contribution in [0, 0.1) is 12.8 Å². The summed E-state index contributed by atoms with van der Waals surface area (Å²) in [5.74, 6) is 1.94. The first-order chi connectivity index (χ1) is 7.69. The van der Waals surface area contributed by atoms with Gasteiger partial charge in [-0.25, -0.2) is 4.98 Å². The number of methoxy groups -OCH3 is 1. The molecule has 0 spiro atoms. The molecule has 1 heterocycles. The summed E-state index contributed by atoms with van der Waals surface area (Å²) in [5, 5.41) is 3.26. The Hall–Kier alpha value is -1.32. The van der Waals surface area contributed by atoms with Gasteiger partial charge in [-0.2, -0.15) is 4.98 Å². The molecule has 0 aliphatic rings. The van der Waals surface area contributed by atoms with E-state index in [9.17, 15) is 0 Å². The Morgan fingerprint density at radius 1 is 1.31 bits per heavy atom. The van der Waals surface area contributed by atoms with Crippen molar-refractivity contribution in [1.29, 1.82) is 0 Å². The fourth-order valence-corrected chi connectivity index (χ4v) is 1.54. The van der Waals surface area contributed by atoms with Crippen LogP contribution in [0.15, 0.2) is 6.07 Å². The molecule has 16 heavy (non-hydrogen) atoms. The lowest BCUT2D eigenvalue weighted by Crippen LogP contribution is -2.14. The van der Waals surface area contributed by atoms with Crippen molar-refractivity contribution in [2.75, 3.05) is 19.0 Å². The van der Waals surface area contributed by atoms with Crippen LogP contribution in [0.4, 0.5) is 5.95 Å². The summed E-state index contributed by atoms with van der Waals surface area (Å²) in [7, 11) is 1.62. The maximum atomic E-state index is 5.10. The van der Waals surface area contributed by atoms with Gasteiger partial charge in [-0.1, -0.05) is 26.7 Å². The lowest BCUT2D eigenvalue weighted by Gasteiger charge is -2.13. The molecular formula is C12H21N3O. The van der Waals surface area contributed by atoms with Crippen molar-refractivity contribution in [3.63, 3.8) is 0 Å². The van der Waals surface area contributed by atoms with E-state index in [1.54, 1.807) is 7.11 Å². The molecule has 1 aromatic heterocycles. The molecular weight excluding hydrogens is 202 g/mol. The van der Waals surface area contributed by atoms with Gasteiger partial charge < -0.3 is 10.1 Å². The van der Waals surface area contributed by atoms with E-state index in [2.05, 4.69) is 29.1 Å². The molecule has 0 atom stereocenters. The van der Waals surface area contributed by atoms with E-state index in [0.717, 1.165) is 12.2 Å². The van der Waals surface area contributed by atoms with Crippen molar-refractivity contribution in [2.45, 2.75) is 33.6 Å². The number of nitrogens with one attached hydrogen (secondary N) is 1. The minimum Gasteiger partial charge on any atom is -0.481 e. The number of aromatic nitrogens is 2. The highest BCUT2D eigenvalue weighted by atomic mass is 16.5. The number of anilines is 1. The first-order valence-electron chi connectivity index (χ1n) is 5.83. The molecule has 90 valence electrons. The first-order valence-corrected chi connectivity index (χ1v) is 5.83. The number of nitrogens with zero attached hydrogens (tertiary/aromatic N) is 2. The third-order valence-electron chi connectivity index (χ3n) is 2.74. The van der Waals surface area contributed by atoms with Crippen LogP contribution in [0.1, 0.15) is 32.4 Å². The number of hydrogen-bond acceptors (Lipinski definition) is 4. The normalized spacial score (nSPS) is 10.6. The average Bonchev–Trinajstić information content (AvgIpc) is 2.29. The van der Waals surface area contributed by atoms with E-state index < -0.39 is 0 Å².